The van der Waals surface area contributed by atoms with Gasteiger partial charge in [-0.25, -0.2) is 4.79 Å². The molecule has 0 saturated heterocycles. The highest BCUT2D eigenvalue weighted by atomic mass is 127. The second kappa shape index (κ2) is 4.78. The highest BCUT2D eigenvalue weighted by Gasteiger charge is 1.93. The van der Waals surface area contributed by atoms with Crippen molar-refractivity contribution in [1.82, 2.24) is 0 Å². The third-order valence-electron chi connectivity index (χ3n) is 0.603. The minimum atomic E-state index is -0.260. The Kier molecular flexibility index (Phi) is 4.75. The van der Waals surface area contributed by atoms with Gasteiger partial charge in [0.05, 0.1) is 6.61 Å². The summed E-state index contributed by atoms with van der Waals surface area (Å²) in [6.07, 6.45) is 1.46. The summed E-state index contributed by atoms with van der Waals surface area (Å²) < 4.78 is 5.57. The van der Waals surface area contributed by atoms with Crippen LogP contribution < -0.4 is 0 Å². The van der Waals surface area contributed by atoms with Crippen LogP contribution in [0, 0.1) is 0 Å². The molecule has 0 heterocycles. The van der Waals surface area contributed by atoms with Gasteiger partial charge in [0.1, 0.15) is 0 Å². The second-order valence-corrected chi connectivity index (χ2v) is 3.18. The highest BCUT2D eigenvalue weighted by Crippen LogP contribution is 2.02. The molecule has 0 aliphatic carbocycles. The lowest BCUT2D eigenvalue weighted by Gasteiger charge is -1.93. The van der Waals surface area contributed by atoms with Crippen molar-refractivity contribution < 1.29 is 9.53 Å². The molecule has 3 heteroatoms. The van der Waals surface area contributed by atoms with Crippen molar-refractivity contribution in [1.29, 1.82) is 0 Å². The van der Waals surface area contributed by atoms with Crippen molar-refractivity contribution in [2.75, 3.05) is 6.61 Å². The van der Waals surface area contributed by atoms with E-state index in [1.54, 1.807) is 6.92 Å². The van der Waals surface area contributed by atoms with E-state index < -0.39 is 0 Å². The van der Waals surface area contributed by atoms with E-state index >= 15 is 0 Å². The quantitative estimate of drug-likeness (QED) is 0.418. The molecule has 2 nitrogen and oxygen atoms in total. The van der Waals surface area contributed by atoms with Gasteiger partial charge in [0, 0.05) is 6.08 Å². The minimum Gasteiger partial charge on any atom is -0.463 e. The Morgan fingerprint density at radius 2 is 2.33 bits per heavy atom. The van der Waals surface area contributed by atoms with Crippen LogP contribution in [0.4, 0.5) is 0 Å². The molecule has 52 valence electrons. The van der Waals surface area contributed by atoms with E-state index in [-0.39, 0.29) is 5.97 Å². The molecule has 0 spiro atoms. The summed E-state index contributed by atoms with van der Waals surface area (Å²) in [5.41, 5.74) is 0. The first-order chi connectivity index (χ1) is 4.16. The van der Waals surface area contributed by atoms with Gasteiger partial charge < -0.3 is 4.74 Å². The first-order valence-corrected chi connectivity index (χ1v) is 3.75. The monoisotopic (exact) mass is 240 g/mol. The van der Waals surface area contributed by atoms with Crippen LogP contribution in [0.3, 0.4) is 0 Å². The molecule has 0 N–H and O–H groups in total. The number of esters is 1. The molecule has 0 aliphatic heterocycles. The predicted octanol–water partition coefficient (Wildman–Crippen LogP) is 1.89. The molecule has 9 heavy (non-hydrogen) atoms. The topological polar surface area (TPSA) is 26.3 Å². The van der Waals surface area contributed by atoms with E-state index in [0.717, 1.165) is 3.58 Å². The number of halogens is 1. The van der Waals surface area contributed by atoms with Crippen LogP contribution in [0.1, 0.15) is 13.8 Å². The SMILES string of the molecule is CCOC(=O)/C=C(/C)I. The van der Waals surface area contributed by atoms with Gasteiger partial charge in [0.15, 0.2) is 0 Å². The largest absolute Gasteiger partial charge is 0.463 e. The summed E-state index contributed by atoms with van der Waals surface area (Å²) in [6.45, 7) is 4.07. The Morgan fingerprint density at radius 3 is 2.67 bits per heavy atom. The average Bonchev–Trinajstić information content (AvgIpc) is 1.63. The molecule has 0 rings (SSSR count). The Labute approximate surface area is 68.4 Å². The predicted molar refractivity (Wildman–Crippen MR) is 44.4 cm³/mol. The molecule has 0 atom stereocenters. The van der Waals surface area contributed by atoms with Gasteiger partial charge in [-0.05, 0) is 40.0 Å². The molecule has 0 amide bonds. The van der Waals surface area contributed by atoms with Crippen LogP contribution in [0.2, 0.25) is 0 Å². The maximum atomic E-state index is 10.6. The Hall–Kier alpha value is -0.0600. The number of hydrogen-bond donors (Lipinski definition) is 0. The zero-order valence-electron chi connectivity index (χ0n) is 5.48. The molecule has 0 bridgehead atoms. The summed E-state index contributed by atoms with van der Waals surface area (Å²) in [5.74, 6) is -0.260. The standard InChI is InChI=1S/C6H9IO2/c1-3-9-6(8)4-5(2)7/h4H,3H2,1-2H3/b5-4-. The fourth-order valence-corrected chi connectivity index (χ4v) is 0.601. The molecule has 0 saturated carbocycles. The van der Waals surface area contributed by atoms with Crippen LogP contribution in [-0.2, 0) is 9.53 Å². The Morgan fingerprint density at radius 1 is 1.78 bits per heavy atom. The van der Waals surface area contributed by atoms with Gasteiger partial charge >= 0.3 is 5.97 Å². The first-order valence-electron chi connectivity index (χ1n) is 2.67. The first kappa shape index (κ1) is 8.94. The van der Waals surface area contributed by atoms with Crippen molar-refractivity contribution in [2.24, 2.45) is 0 Å². The van der Waals surface area contributed by atoms with E-state index in [0.29, 0.717) is 6.61 Å². The molecule has 0 fully saturated rings. The van der Waals surface area contributed by atoms with Crippen LogP contribution in [0.15, 0.2) is 9.66 Å². The van der Waals surface area contributed by atoms with Crippen molar-refractivity contribution in [3.05, 3.63) is 9.66 Å². The number of allylic oxidation sites excluding steroid dienone is 1. The minimum absolute atomic E-state index is 0.260. The molecule has 0 aliphatic rings. The normalized spacial score (nSPS) is 11.2. The third kappa shape index (κ3) is 5.82. The number of carbonyl (C=O) groups is 1. The van der Waals surface area contributed by atoms with Gasteiger partial charge in [0.2, 0.25) is 0 Å². The Balaban J connectivity index is 3.63. The molecule has 0 unspecified atom stereocenters. The molecular weight excluding hydrogens is 231 g/mol. The van der Waals surface area contributed by atoms with E-state index in [4.69, 9.17) is 0 Å². The van der Waals surface area contributed by atoms with Gasteiger partial charge in [-0.15, -0.1) is 0 Å². The zero-order chi connectivity index (χ0) is 7.28. The number of rotatable bonds is 2. The zero-order valence-corrected chi connectivity index (χ0v) is 7.64. The third-order valence-corrected chi connectivity index (χ3v) is 0.915. The number of carbonyl (C=O) groups excluding carboxylic acids is 1. The van der Waals surface area contributed by atoms with Crippen molar-refractivity contribution in [3.8, 4) is 0 Å². The second-order valence-electron chi connectivity index (χ2n) is 1.48. The maximum absolute atomic E-state index is 10.6. The summed E-state index contributed by atoms with van der Waals surface area (Å²) in [7, 11) is 0. The molecule has 0 aromatic carbocycles. The lowest BCUT2D eigenvalue weighted by Crippen LogP contribution is -1.98. The average molecular weight is 240 g/mol. The summed E-state index contributed by atoms with van der Waals surface area (Å²) in [5, 5.41) is 0. The maximum Gasteiger partial charge on any atom is 0.331 e. The van der Waals surface area contributed by atoms with Gasteiger partial charge in [0.25, 0.3) is 0 Å². The fourth-order valence-electron chi connectivity index (χ4n) is 0.346. The van der Waals surface area contributed by atoms with Crippen LogP contribution in [0.5, 0.6) is 0 Å². The van der Waals surface area contributed by atoms with Gasteiger partial charge in [-0.2, -0.15) is 0 Å². The van der Waals surface area contributed by atoms with Crippen molar-refractivity contribution in [3.63, 3.8) is 0 Å². The molecule has 0 aromatic rings. The highest BCUT2D eigenvalue weighted by molar-refractivity contribution is 14.1. The van der Waals surface area contributed by atoms with Crippen LogP contribution >= 0.6 is 22.6 Å². The van der Waals surface area contributed by atoms with E-state index in [9.17, 15) is 4.79 Å². The van der Waals surface area contributed by atoms with Crippen LogP contribution in [-0.4, -0.2) is 12.6 Å². The van der Waals surface area contributed by atoms with E-state index in [1.807, 2.05) is 6.92 Å². The van der Waals surface area contributed by atoms with Gasteiger partial charge in [-0.3, -0.25) is 0 Å². The summed E-state index contributed by atoms with van der Waals surface area (Å²) in [6, 6.07) is 0. The fraction of sp³-hybridized carbons (Fsp3) is 0.500. The van der Waals surface area contributed by atoms with E-state index in [1.165, 1.54) is 6.08 Å². The van der Waals surface area contributed by atoms with Crippen molar-refractivity contribution >= 4 is 28.6 Å². The molecule has 0 aromatic heterocycles. The summed E-state index contributed by atoms with van der Waals surface area (Å²) in [4.78, 5) is 10.6. The molecule has 0 radical (unpaired) electrons. The number of hydrogen-bond acceptors (Lipinski definition) is 2. The van der Waals surface area contributed by atoms with Crippen molar-refractivity contribution in [2.45, 2.75) is 13.8 Å². The number of ether oxygens (including phenoxy) is 1. The lowest BCUT2D eigenvalue weighted by molar-refractivity contribution is -0.137. The Bertz CT molecular complexity index is 125. The van der Waals surface area contributed by atoms with Gasteiger partial charge in [-0.1, -0.05) is 0 Å². The molecular formula is C6H9IO2. The lowest BCUT2D eigenvalue weighted by atomic mass is 10.5. The summed E-state index contributed by atoms with van der Waals surface area (Å²) >= 11 is 2.06. The van der Waals surface area contributed by atoms with E-state index in [2.05, 4.69) is 27.3 Å². The van der Waals surface area contributed by atoms with Crippen LogP contribution in [0.25, 0.3) is 0 Å². The smallest absolute Gasteiger partial charge is 0.331 e.